The molecule has 5 heteroatoms. The van der Waals surface area contributed by atoms with Crippen molar-refractivity contribution in [2.45, 2.75) is 63.1 Å². The Kier molecular flexibility index (Phi) is 5.82. The van der Waals surface area contributed by atoms with E-state index in [0.29, 0.717) is 0 Å². The van der Waals surface area contributed by atoms with Crippen molar-refractivity contribution in [1.82, 2.24) is 9.55 Å². The van der Waals surface area contributed by atoms with Gasteiger partial charge < -0.3 is 9.30 Å². The van der Waals surface area contributed by atoms with E-state index in [1.54, 1.807) is 11.8 Å². The number of rotatable bonds is 6. The summed E-state index contributed by atoms with van der Waals surface area (Å²) in [7, 11) is 0. The molecule has 0 aliphatic carbocycles. The predicted molar refractivity (Wildman–Crippen MR) is 101 cm³/mol. The third-order valence-corrected chi connectivity index (χ3v) is 5.85. The fraction of sp³-hybridized carbons (Fsp3) is 0.500. The lowest BCUT2D eigenvalue weighted by Gasteiger charge is -2.16. The number of benzene rings is 1. The fourth-order valence-electron chi connectivity index (χ4n) is 3.10. The molecule has 1 fully saturated rings. The summed E-state index contributed by atoms with van der Waals surface area (Å²) < 4.78 is 8.02. The van der Waals surface area contributed by atoms with E-state index in [-0.39, 0.29) is 11.4 Å². The zero-order chi connectivity index (χ0) is 17.8. The first kappa shape index (κ1) is 18.0. The molecule has 2 heterocycles. The molecule has 3 rings (SSSR count). The second-order valence-corrected chi connectivity index (χ2v) is 7.91. The highest BCUT2D eigenvalue weighted by molar-refractivity contribution is 8.00. The summed E-state index contributed by atoms with van der Waals surface area (Å²) in [6.07, 6.45) is 3.23. The normalized spacial score (nSPS) is 18.2. The second kappa shape index (κ2) is 8.07. The minimum absolute atomic E-state index is 0.146. The quantitative estimate of drug-likeness (QED) is 0.728. The van der Waals surface area contributed by atoms with Gasteiger partial charge in [-0.1, -0.05) is 41.6 Å². The Balaban J connectivity index is 1.74. The molecule has 0 N–H and O–H groups in total. The van der Waals surface area contributed by atoms with Gasteiger partial charge in [-0.25, -0.2) is 4.98 Å². The van der Waals surface area contributed by atoms with Crippen LogP contribution in [0, 0.1) is 32.1 Å². The number of thioether (sulfide) groups is 1. The molecule has 0 amide bonds. The molecule has 1 aliphatic rings. The molecular weight excluding hydrogens is 330 g/mol. The van der Waals surface area contributed by atoms with Crippen LogP contribution in [-0.2, 0) is 17.7 Å². The van der Waals surface area contributed by atoms with Gasteiger partial charge in [-0.2, -0.15) is 5.26 Å². The Labute approximate surface area is 154 Å². The molecule has 1 aromatic carbocycles. The average Bonchev–Trinajstić information content (AvgIpc) is 3.20. The van der Waals surface area contributed by atoms with E-state index in [4.69, 9.17) is 9.72 Å². The summed E-state index contributed by atoms with van der Waals surface area (Å²) >= 11 is 1.57. The van der Waals surface area contributed by atoms with Crippen molar-refractivity contribution in [3.8, 4) is 6.07 Å². The van der Waals surface area contributed by atoms with Crippen molar-refractivity contribution in [3.63, 3.8) is 0 Å². The highest BCUT2D eigenvalue weighted by Gasteiger charge is 2.22. The zero-order valence-electron chi connectivity index (χ0n) is 15.2. The number of aromatic nitrogens is 2. The van der Waals surface area contributed by atoms with E-state index in [1.807, 2.05) is 6.92 Å². The monoisotopic (exact) mass is 355 g/mol. The molecule has 4 nitrogen and oxygen atoms in total. The third-order valence-electron chi connectivity index (χ3n) is 4.77. The molecule has 132 valence electrons. The van der Waals surface area contributed by atoms with Crippen LogP contribution < -0.4 is 0 Å². The number of hydrogen-bond donors (Lipinski definition) is 0. The van der Waals surface area contributed by atoms with Crippen LogP contribution in [0.15, 0.2) is 29.4 Å². The number of aryl methyl sites for hydroxylation is 2. The molecule has 2 aromatic rings. The van der Waals surface area contributed by atoms with Crippen LogP contribution in [0.1, 0.15) is 35.4 Å². The first-order chi connectivity index (χ1) is 12.1. The first-order valence-electron chi connectivity index (χ1n) is 8.84. The third kappa shape index (κ3) is 4.45. The molecule has 0 saturated carbocycles. The van der Waals surface area contributed by atoms with Gasteiger partial charge in [0.05, 0.1) is 24.4 Å². The van der Waals surface area contributed by atoms with Crippen LogP contribution >= 0.6 is 11.8 Å². The van der Waals surface area contributed by atoms with Gasteiger partial charge in [0.2, 0.25) is 0 Å². The lowest BCUT2D eigenvalue weighted by molar-refractivity contribution is 0.0944. The van der Waals surface area contributed by atoms with Crippen molar-refractivity contribution >= 4 is 11.8 Å². The minimum atomic E-state index is -0.146. The summed E-state index contributed by atoms with van der Waals surface area (Å²) in [4.78, 5) is 4.71. The summed E-state index contributed by atoms with van der Waals surface area (Å²) in [6, 6.07) is 10.9. The van der Waals surface area contributed by atoms with E-state index in [9.17, 15) is 5.26 Å². The second-order valence-electron chi connectivity index (χ2n) is 6.74. The van der Waals surface area contributed by atoms with Crippen LogP contribution in [0.5, 0.6) is 0 Å². The van der Waals surface area contributed by atoms with Crippen molar-refractivity contribution in [3.05, 3.63) is 46.8 Å². The molecule has 1 saturated heterocycles. The van der Waals surface area contributed by atoms with E-state index >= 15 is 0 Å². The molecule has 0 radical (unpaired) electrons. The molecule has 2 atom stereocenters. The summed E-state index contributed by atoms with van der Waals surface area (Å²) in [6.45, 7) is 7.90. The Morgan fingerprint density at radius 1 is 1.32 bits per heavy atom. The highest BCUT2D eigenvalue weighted by Crippen LogP contribution is 2.28. The standard InChI is InChI=1S/C20H25N3OS/c1-14-6-8-17(9-7-14)11-19(12-21)25-20-22-15(2)16(3)23(20)13-18-5-4-10-24-18/h6-9,18-19H,4-5,10-11,13H2,1-3H3/t18-,19-/m1/s1. The van der Waals surface area contributed by atoms with E-state index in [1.165, 1.54) is 16.8 Å². The Hall–Kier alpha value is -1.77. The van der Waals surface area contributed by atoms with Crippen molar-refractivity contribution in [2.24, 2.45) is 0 Å². The van der Waals surface area contributed by atoms with Gasteiger partial charge in [0.1, 0.15) is 5.25 Å². The molecular formula is C20H25N3OS. The molecule has 0 unspecified atom stereocenters. The number of imidazole rings is 1. The predicted octanol–water partition coefficient (Wildman–Crippen LogP) is 4.21. The van der Waals surface area contributed by atoms with E-state index in [2.05, 4.69) is 48.7 Å². The van der Waals surface area contributed by atoms with Crippen LogP contribution in [0.25, 0.3) is 0 Å². The maximum Gasteiger partial charge on any atom is 0.169 e. The van der Waals surface area contributed by atoms with E-state index < -0.39 is 0 Å². The number of ether oxygens (including phenoxy) is 1. The lowest BCUT2D eigenvalue weighted by Crippen LogP contribution is -2.17. The summed E-state index contributed by atoms with van der Waals surface area (Å²) in [5, 5.41) is 10.4. The SMILES string of the molecule is Cc1ccc(C[C@H](C#N)Sc2nc(C)c(C)n2C[C@H]2CCCO2)cc1. The van der Waals surface area contributed by atoms with Crippen LogP contribution in [-0.4, -0.2) is 27.5 Å². The van der Waals surface area contributed by atoms with Crippen molar-refractivity contribution < 1.29 is 4.74 Å². The maximum atomic E-state index is 9.62. The van der Waals surface area contributed by atoms with Crippen LogP contribution in [0.2, 0.25) is 0 Å². The average molecular weight is 356 g/mol. The molecule has 0 spiro atoms. The first-order valence-corrected chi connectivity index (χ1v) is 9.72. The van der Waals surface area contributed by atoms with Crippen molar-refractivity contribution in [2.75, 3.05) is 6.61 Å². The molecule has 1 aromatic heterocycles. The Morgan fingerprint density at radius 3 is 2.72 bits per heavy atom. The lowest BCUT2D eigenvalue weighted by atomic mass is 10.1. The van der Waals surface area contributed by atoms with Crippen LogP contribution in [0.3, 0.4) is 0 Å². The minimum Gasteiger partial charge on any atom is -0.376 e. The van der Waals surface area contributed by atoms with E-state index in [0.717, 1.165) is 43.3 Å². The number of nitriles is 1. The number of nitrogens with zero attached hydrogens (tertiary/aromatic N) is 3. The Bertz CT molecular complexity index is 754. The van der Waals surface area contributed by atoms with Gasteiger partial charge in [-0.3, -0.25) is 0 Å². The fourth-order valence-corrected chi connectivity index (χ4v) is 4.21. The smallest absolute Gasteiger partial charge is 0.169 e. The zero-order valence-corrected chi connectivity index (χ0v) is 16.0. The van der Waals surface area contributed by atoms with Gasteiger partial charge in [-0.05, 0) is 45.6 Å². The largest absolute Gasteiger partial charge is 0.376 e. The van der Waals surface area contributed by atoms with Gasteiger partial charge in [0.25, 0.3) is 0 Å². The summed E-state index contributed by atoms with van der Waals surface area (Å²) in [5.41, 5.74) is 4.64. The van der Waals surface area contributed by atoms with Crippen molar-refractivity contribution in [1.29, 1.82) is 5.26 Å². The van der Waals surface area contributed by atoms with Gasteiger partial charge in [0, 0.05) is 12.3 Å². The molecule has 0 bridgehead atoms. The van der Waals surface area contributed by atoms with Crippen LogP contribution in [0.4, 0.5) is 0 Å². The maximum absolute atomic E-state index is 9.62. The Morgan fingerprint density at radius 2 is 2.08 bits per heavy atom. The van der Waals surface area contributed by atoms with Gasteiger partial charge >= 0.3 is 0 Å². The molecule has 25 heavy (non-hydrogen) atoms. The molecule has 1 aliphatic heterocycles. The summed E-state index contributed by atoms with van der Waals surface area (Å²) in [5.74, 6) is 0. The highest BCUT2D eigenvalue weighted by atomic mass is 32.2. The topological polar surface area (TPSA) is 50.8 Å². The number of hydrogen-bond acceptors (Lipinski definition) is 4. The van der Waals surface area contributed by atoms with Gasteiger partial charge in [0.15, 0.2) is 5.16 Å². The van der Waals surface area contributed by atoms with Gasteiger partial charge in [-0.15, -0.1) is 0 Å².